The normalized spacial score (nSPS) is 13.2. The number of hydrogen-bond acceptors (Lipinski definition) is 5. The molecular weight excluding hydrogens is 384 g/mol. The van der Waals surface area contributed by atoms with E-state index in [0.29, 0.717) is 11.5 Å². The van der Waals surface area contributed by atoms with Crippen molar-refractivity contribution >= 4 is 33.8 Å². The fourth-order valence-corrected chi connectivity index (χ4v) is 3.07. The zero-order valence-electron chi connectivity index (χ0n) is 15.8. The van der Waals surface area contributed by atoms with Gasteiger partial charge in [0.25, 0.3) is 0 Å². The molecule has 8 heteroatoms. The number of thioether (sulfide) groups is 1. The number of carbonyl (C=O) groups excluding carboxylic acids is 1. The number of nitrogens with one attached hydrogen (secondary N) is 1. The van der Waals surface area contributed by atoms with Gasteiger partial charge in [0.15, 0.2) is 0 Å². The highest BCUT2D eigenvalue weighted by molar-refractivity contribution is 7.98. The molecule has 0 fully saturated rings. The van der Waals surface area contributed by atoms with Gasteiger partial charge >= 0.3 is 0 Å². The summed E-state index contributed by atoms with van der Waals surface area (Å²) in [5.74, 6) is 0.756. The summed E-state index contributed by atoms with van der Waals surface area (Å²) in [6, 6.07) is 11.3. The third-order valence-electron chi connectivity index (χ3n) is 4.00. The molecule has 0 aliphatic rings. The number of benzene rings is 1. The van der Waals surface area contributed by atoms with Gasteiger partial charge in [-0.05, 0) is 49.1 Å². The van der Waals surface area contributed by atoms with Crippen LogP contribution in [-0.2, 0) is 21.4 Å². The molecule has 1 amide bonds. The van der Waals surface area contributed by atoms with Crippen LogP contribution in [0.2, 0.25) is 0 Å². The Kier molecular flexibility index (Phi) is 7.29. The van der Waals surface area contributed by atoms with Gasteiger partial charge in [-0.1, -0.05) is 12.1 Å². The second-order valence-corrected chi connectivity index (χ2v) is 9.13. The molecule has 1 unspecified atom stereocenters. The molecule has 0 aliphatic heterocycles. The number of hydrogen-bond donors (Lipinski definition) is 1. The summed E-state index contributed by atoms with van der Waals surface area (Å²) in [5, 5.41) is 2.90. The van der Waals surface area contributed by atoms with E-state index in [9.17, 15) is 13.2 Å². The van der Waals surface area contributed by atoms with E-state index in [1.165, 1.54) is 22.3 Å². The molecule has 0 radical (unpaired) electrons. The molecule has 6 nitrogen and oxygen atoms in total. The summed E-state index contributed by atoms with van der Waals surface area (Å²) in [5.41, 5.74) is 1.03. The predicted molar refractivity (Wildman–Crippen MR) is 109 cm³/mol. The van der Waals surface area contributed by atoms with Gasteiger partial charge in [0.1, 0.15) is 11.5 Å². The van der Waals surface area contributed by atoms with Crippen LogP contribution in [0.5, 0.6) is 0 Å². The molecule has 1 aromatic carbocycles. The lowest BCUT2D eigenvalue weighted by molar-refractivity contribution is -0.117. The van der Waals surface area contributed by atoms with Crippen molar-refractivity contribution in [3.8, 4) is 0 Å². The molecule has 0 bridgehead atoms. The third kappa shape index (κ3) is 6.57. The maximum atomic E-state index is 12.1. The molecule has 2 aromatic rings. The van der Waals surface area contributed by atoms with E-state index in [1.807, 2.05) is 37.4 Å². The van der Waals surface area contributed by atoms with Crippen molar-refractivity contribution in [2.75, 3.05) is 19.6 Å². The van der Waals surface area contributed by atoms with Gasteiger partial charge in [-0.2, -0.15) is 4.31 Å². The van der Waals surface area contributed by atoms with Crippen molar-refractivity contribution in [1.82, 2.24) is 9.62 Å². The minimum Gasteiger partial charge on any atom is -0.460 e. The molecule has 1 N–H and O–H groups in total. The Hall–Kier alpha value is -2.03. The van der Waals surface area contributed by atoms with Crippen molar-refractivity contribution in [2.45, 2.75) is 24.4 Å². The molecule has 1 aromatic heterocycles. The van der Waals surface area contributed by atoms with E-state index < -0.39 is 10.0 Å². The molecule has 2 rings (SSSR count). The molecular formula is C19H24N2O4S2. The first-order valence-electron chi connectivity index (χ1n) is 8.31. The van der Waals surface area contributed by atoms with Gasteiger partial charge in [0, 0.05) is 18.0 Å². The Morgan fingerprint density at radius 1 is 1.26 bits per heavy atom. The number of nitrogens with zero attached hydrogens (tertiary/aromatic N) is 1. The van der Waals surface area contributed by atoms with Crippen LogP contribution in [0.4, 0.5) is 0 Å². The smallest absolute Gasteiger partial charge is 0.244 e. The second kappa shape index (κ2) is 9.25. The Balaban J connectivity index is 1.92. The first-order valence-corrected chi connectivity index (χ1v) is 11.4. The van der Waals surface area contributed by atoms with Crippen LogP contribution in [0.25, 0.3) is 6.08 Å². The molecule has 0 spiro atoms. The van der Waals surface area contributed by atoms with Gasteiger partial charge in [-0.3, -0.25) is 4.79 Å². The highest BCUT2D eigenvalue weighted by Crippen LogP contribution is 2.19. The second-order valence-electron chi connectivity index (χ2n) is 6.16. The third-order valence-corrected chi connectivity index (χ3v) is 6.01. The molecule has 1 heterocycles. The fourth-order valence-electron chi connectivity index (χ4n) is 2.30. The number of carbonyl (C=O) groups is 1. The lowest BCUT2D eigenvalue weighted by atomic mass is 10.1. The Morgan fingerprint density at radius 3 is 2.52 bits per heavy atom. The van der Waals surface area contributed by atoms with Gasteiger partial charge in [0.2, 0.25) is 15.9 Å². The Bertz CT molecular complexity index is 902. The average molecular weight is 409 g/mol. The van der Waals surface area contributed by atoms with Crippen molar-refractivity contribution in [2.24, 2.45) is 0 Å². The van der Waals surface area contributed by atoms with Crippen molar-refractivity contribution in [1.29, 1.82) is 0 Å². The van der Waals surface area contributed by atoms with Crippen molar-refractivity contribution < 1.29 is 17.6 Å². The van der Waals surface area contributed by atoms with Crippen LogP contribution in [0.3, 0.4) is 0 Å². The van der Waals surface area contributed by atoms with Crippen LogP contribution in [0.15, 0.2) is 51.8 Å². The fraction of sp³-hybridized carbons (Fsp3) is 0.316. The minimum atomic E-state index is -3.27. The Morgan fingerprint density at radius 2 is 1.93 bits per heavy atom. The number of rotatable bonds is 8. The minimum absolute atomic E-state index is 0.117. The van der Waals surface area contributed by atoms with E-state index in [2.05, 4.69) is 5.32 Å². The number of amides is 1. The highest BCUT2D eigenvalue weighted by Gasteiger charge is 2.13. The zero-order chi connectivity index (χ0) is 20.0. The molecule has 0 aliphatic carbocycles. The lowest BCUT2D eigenvalue weighted by Crippen LogP contribution is -2.24. The van der Waals surface area contributed by atoms with Crippen LogP contribution in [0.1, 0.15) is 30.0 Å². The van der Waals surface area contributed by atoms with Crippen LogP contribution in [-0.4, -0.2) is 38.2 Å². The largest absolute Gasteiger partial charge is 0.460 e. The van der Waals surface area contributed by atoms with Crippen molar-refractivity contribution in [3.05, 3.63) is 59.6 Å². The topological polar surface area (TPSA) is 79.6 Å². The maximum Gasteiger partial charge on any atom is 0.244 e. The quantitative estimate of drug-likeness (QED) is 0.536. The monoisotopic (exact) mass is 408 g/mol. The number of sulfonamides is 1. The molecule has 146 valence electrons. The summed E-state index contributed by atoms with van der Waals surface area (Å²) in [4.78, 5) is 13.3. The summed E-state index contributed by atoms with van der Waals surface area (Å²) in [6.45, 7) is 2.06. The molecule has 0 saturated carbocycles. The van der Waals surface area contributed by atoms with Crippen LogP contribution >= 0.6 is 11.8 Å². The summed E-state index contributed by atoms with van der Waals surface area (Å²) in [6.07, 6.45) is 6.11. The zero-order valence-corrected chi connectivity index (χ0v) is 17.4. The summed E-state index contributed by atoms with van der Waals surface area (Å²) >= 11 is 1.67. The SMILES string of the molecule is CSc1ccc(C(C)NC(=O)/C=C/c2ccc(CN(C)S(C)(=O)=O)o2)cc1. The standard InChI is InChI=1S/C19H24N2O4S2/c1-14(15-5-10-18(26-3)11-6-15)20-19(22)12-9-16-7-8-17(25-16)13-21(2)27(4,23)24/h5-12,14H,13H2,1-4H3,(H,20,22)/b12-9+. The molecule has 1 atom stereocenters. The highest BCUT2D eigenvalue weighted by atomic mass is 32.2. The van der Waals surface area contributed by atoms with E-state index >= 15 is 0 Å². The van der Waals surface area contributed by atoms with Gasteiger partial charge in [0.05, 0.1) is 18.8 Å². The summed E-state index contributed by atoms with van der Waals surface area (Å²) < 4.78 is 29.6. The first-order chi connectivity index (χ1) is 12.7. The van der Waals surface area contributed by atoms with E-state index in [-0.39, 0.29) is 18.5 Å². The van der Waals surface area contributed by atoms with Gasteiger partial charge < -0.3 is 9.73 Å². The Labute approximate surface area is 164 Å². The summed E-state index contributed by atoms with van der Waals surface area (Å²) in [7, 11) is -1.79. The average Bonchev–Trinajstić information content (AvgIpc) is 3.06. The first kappa shape index (κ1) is 21.3. The molecule has 0 saturated heterocycles. The predicted octanol–water partition coefficient (Wildman–Crippen LogP) is 3.28. The van der Waals surface area contributed by atoms with Crippen LogP contribution in [0, 0.1) is 0 Å². The molecule has 27 heavy (non-hydrogen) atoms. The van der Waals surface area contributed by atoms with Crippen LogP contribution < -0.4 is 5.32 Å². The van der Waals surface area contributed by atoms with E-state index in [4.69, 9.17) is 4.42 Å². The van der Waals surface area contributed by atoms with E-state index in [1.54, 1.807) is 30.0 Å². The van der Waals surface area contributed by atoms with Crippen molar-refractivity contribution in [3.63, 3.8) is 0 Å². The maximum absolute atomic E-state index is 12.1. The lowest BCUT2D eigenvalue weighted by Gasteiger charge is -2.13. The van der Waals surface area contributed by atoms with Gasteiger partial charge in [-0.25, -0.2) is 8.42 Å². The number of furan rings is 1. The van der Waals surface area contributed by atoms with E-state index in [0.717, 1.165) is 11.8 Å². The van der Waals surface area contributed by atoms with Gasteiger partial charge in [-0.15, -0.1) is 11.8 Å².